The minimum absolute atomic E-state index is 0.00752. The Balaban J connectivity index is 1.15. The second-order valence-corrected chi connectivity index (χ2v) is 13.0. The van der Waals surface area contributed by atoms with Crippen LogP contribution in [0, 0.1) is 0 Å². The van der Waals surface area contributed by atoms with Crippen molar-refractivity contribution in [3.63, 3.8) is 0 Å². The highest BCUT2D eigenvalue weighted by Gasteiger charge is 2.20. The molecule has 5 aromatic carbocycles. The molecule has 51 heavy (non-hydrogen) atoms. The number of allylic oxidation sites excluding steroid dienone is 2. The minimum atomic E-state index is 0.00752. The number of hydrogen-bond acceptors (Lipinski definition) is 4. The van der Waals surface area contributed by atoms with Gasteiger partial charge in [0.15, 0.2) is 0 Å². The third-order valence-corrected chi connectivity index (χ3v) is 9.91. The van der Waals surface area contributed by atoms with Crippen LogP contribution in [-0.4, -0.2) is 19.5 Å². The van der Waals surface area contributed by atoms with Gasteiger partial charge in [0.05, 0.1) is 45.5 Å². The van der Waals surface area contributed by atoms with Crippen LogP contribution in [0.1, 0.15) is 17.3 Å². The van der Waals surface area contributed by atoms with Gasteiger partial charge in [0, 0.05) is 39.8 Å². The molecule has 1 unspecified atom stereocenters. The second kappa shape index (κ2) is 11.9. The van der Waals surface area contributed by atoms with Crippen LogP contribution < -0.4 is 5.32 Å². The molecule has 5 nitrogen and oxygen atoms in total. The van der Waals surface area contributed by atoms with Crippen molar-refractivity contribution >= 4 is 49.0 Å². The van der Waals surface area contributed by atoms with Crippen LogP contribution in [0.15, 0.2) is 176 Å². The molecule has 1 aliphatic heterocycles. The van der Waals surface area contributed by atoms with E-state index >= 15 is 0 Å². The van der Waals surface area contributed by atoms with Crippen molar-refractivity contribution in [3.05, 3.63) is 187 Å². The molecule has 0 saturated heterocycles. The smallest absolute Gasteiger partial charge is 0.0893 e. The van der Waals surface area contributed by atoms with E-state index < -0.39 is 0 Å². The molecule has 0 saturated carbocycles. The zero-order valence-electron chi connectivity index (χ0n) is 27.6. The number of fused-ring (bicyclic) bond motifs is 6. The number of nitrogens with one attached hydrogen (secondary N) is 1. The van der Waals surface area contributed by atoms with E-state index in [4.69, 9.17) is 4.98 Å². The Morgan fingerprint density at radius 3 is 2.14 bits per heavy atom. The highest BCUT2D eigenvalue weighted by atomic mass is 15.0. The van der Waals surface area contributed by atoms with E-state index in [1.807, 2.05) is 48.7 Å². The molecule has 5 heteroatoms. The number of dihydropyridines is 1. The monoisotopic (exact) mass is 653 g/mol. The molecule has 0 amide bonds. The molecule has 1 atom stereocenters. The van der Waals surface area contributed by atoms with Crippen molar-refractivity contribution in [2.75, 3.05) is 0 Å². The summed E-state index contributed by atoms with van der Waals surface area (Å²) < 4.78 is 2.45. The molecule has 0 radical (unpaired) electrons. The topological polar surface area (TPSA) is 55.6 Å². The molecule has 5 heterocycles. The summed E-state index contributed by atoms with van der Waals surface area (Å²) in [6.45, 7) is 0. The van der Waals surface area contributed by atoms with E-state index in [2.05, 4.69) is 141 Å². The molecule has 9 aromatic rings. The Kier molecular flexibility index (Phi) is 6.81. The quantitative estimate of drug-likeness (QED) is 0.201. The van der Waals surface area contributed by atoms with Crippen LogP contribution in [-0.2, 0) is 0 Å². The Bertz CT molecular complexity index is 2830. The van der Waals surface area contributed by atoms with Gasteiger partial charge in [-0.2, -0.15) is 0 Å². The Morgan fingerprint density at radius 1 is 0.529 bits per heavy atom. The molecule has 0 aliphatic carbocycles. The van der Waals surface area contributed by atoms with Gasteiger partial charge >= 0.3 is 0 Å². The van der Waals surface area contributed by atoms with Gasteiger partial charge in [0.25, 0.3) is 0 Å². The van der Waals surface area contributed by atoms with E-state index in [1.54, 1.807) is 6.20 Å². The van der Waals surface area contributed by atoms with Gasteiger partial charge in [-0.1, -0.05) is 97.1 Å². The Morgan fingerprint density at radius 2 is 1.27 bits per heavy atom. The number of nitrogens with zero attached hydrogens (tertiary/aromatic N) is 4. The lowest BCUT2D eigenvalue weighted by Crippen LogP contribution is -2.21. The standard InChI is InChI=1S/C46H31N5/c1-2-10-31-28-35(21-17-30(31)9-1)51-45-29-34(40-14-8-16-44(50-40)42-12-4-6-26-48-42)20-23-37(45)38-24-18-32-27-33(19-22-36(32)46(38)51)39-13-7-15-43(49-39)41-11-3-5-25-47-41/h1-29,40,50H. The number of pyridine rings is 3. The zero-order chi connectivity index (χ0) is 33.7. The van der Waals surface area contributed by atoms with Crippen molar-refractivity contribution in [1.82, 2.24) is 24.8 Å². The maximum Gasteiger partial charge on any atom is 0.0893 e. The maximum absolute atomic E-state index is 5.00. The molecular formula is C46H31N5. The van der Waals surface area contributed by atoms with Gasteiger partial charge in [-0.15, -0.1) is 0 Å². The lowest BCUT2D eigenvalue weighted by atomic mass is 9.99. The van der Waals surface area contributed by atoms with Crippen LogP contribution in [0.5, 0.6) is 0 Å². The van der Waals surface area contributed by atoms with E-state index in [-0.39, 0.29) is 6.04 Å². The largest absolute Gasteiger partial charge is 0.373 e. The van der Waals surface area contributed by atoms with Crippen molar-refractivity contribution in [2.45, 2.75) is 6.04 Å². The fraction of sp³-hybridized carbons (Fsp3) is 0.0217. The van der Waals surface area contributed by atoms with E-state index in [0.717, 1.165) is 45.1 Å². The first-order chi connectivity index (χ1) is 25.3. The average molecular weight is 654 g/mol. The molecule has 10 rings (SSSR count). The highest BCUT2D eigenvalue weighted by molar-refractivity contribution is 6.19. The second-order valence-electron chi connectivity index (χ2n) is 13.0. The molecular weight excluding hydrogens is 623 g/mol. The van der Waals surface area contributed by atoms with Gasteiger partial charge in [0.2, 0.25) is 0 Å². The maximum atomic E-state index is 5.00. The van der Waals surface area contributed by atoms with Crippen molar-refractivity contribution < 1.29 is 0 Å². The number of benzene rings is 5. The lowest BCUT2D eigenvalue weighted by molar-refractivity contribution is 0.761. The Labute approximate surface area is 294 Å². The zero-order valence-corrected chi connectivity index (χ0v) is 27.6. The molecule has 0 fully saturated rings. The normalized spacial score (nSPS) is 14.3. The van der Waals surface area contributed by atoms with Gasteiger partial charge in [-0.25, -0.2) is 4.98 Å². The summed E-state index contributed by atoms with van der Waals surface area (Å²) in [4.78, 5) is 14.1. The SMILES string of the molecule is C1=CC(c2ccc3c4ccc5cc(-c6cccc(-c7ccccn7)n6)ccc5c4n(-c4ccc5ccccc5c4)c3c2)NC(c2ccccn2)=C1. The van der Waals surface area contributed by atoms with Gasteiger partial charge in [-0.05, 0) is 88.5 Å². The predicted molar refractivity (Wildman–Crippen MR) is 209 cm³/mol. The number of hydrogen-bond donors (Lipinski definition) is 1. The summed E-state index contributed by atoms with van der Waals surface area (Å²) in [5.74, 6) is 0. The number of rotatable bonds is 5. The molecule has 0 bridgehead atoms. The number of aromatic nitrogens is 4. The van der Waals surface area contributed by atoms with Crippen molar-refractivity contribution in [1.29, 1.82) is 0 Å². The summed E-state index contributed by atoms with van der Waals surface area (Å²) in [5.41, 5.74) is 10.4. The average Bonchev–Trinajstić information content (AvgIpc) is 3.55. The Hall–Kier alpha value is -6.85. The van der Waals surface area contributed by atoms with Crippen LogP contribution in [0.2, 0.25) is 0 Å². The van der Waals surface area contributed by atoms with Gasteiger partial charge in [-0.3, -0.25) is 9.97 Å². The van der Waals surface area contributed by atoms with E-state index in [9.17, 15) is 0 Å². The third-order valence-electron chi connectivity index (χ3n) is 9.91. The first kappa shape index (κ1) is 29.1. The van der Waals surface area contributed by atoms with Crippen LogP contribution in [0.4, 0.5) is 0 Å². The van der Waals surface area contributed by atoms with Crippen molar-refractivity contribution in [3.8, 4) is 28.3 Å². The summed E-state index contributed by atoms with van der Waals surface area (Å²) >= 11 is 0. The first-order valence-electron chi connectivity index (χ1n) is 17.2. The van der Waals surface area contributed by atoms with Crippen molar-refractivity contribution in [2.24, 2.45) is 0 Å². The third kappa shape index (κ3) is 5.06. The summed E-state index contributed by atoms with van der Waals surface area (Å²) in [7, 11) is 0. The fourth-order valence-corrected chi connectivity index (χ4v) is 7.45. The van der Waals surface area contributed by atoms with Crippen LogP contribution in [0.25, 0.3) is 77.4 Å². The first-order valence-corrected chi connectivity index (χ1v) is 17.2. The molecule has 1 N–H and O–H groups in total. The van der Waals surface area contributed by atoms with Gasteiger partial charge < -0.3 is 9.88 Å². The summed E-state index contributed by atoms with van der Waals surface area (Å²) in [5, 5.41) is 11.0. The molecule has 240 valence electrons. The fourth-order valence-electron chi connectivity index (χ4n) is 7.45. The minimum Gasteiger partial charge on any atom is -0.373 e. The van der Waals surface area contributed by atoms with Crippen LogP contribution >= 0.6 is 0 Å². The van der Waals surface area contributed by atoms with E-state index in [1.165, 1.54) is 43.5 Å². The summed E-state index contributed by atoms with van der Waals surface area (Å²) in [6, 6.07) is 51.6. The van der Waals surface area contributed by atoms with E-state index in [0.29, 0.717) is 0 Å². The predicted octanol–water partition coefficient (Wildman–Crippen LogP) is 10.9. The molecule has 1 aliphatic rings. The molecule has 0 spiro atoms. The van der Waals surface area contributed by atoms with Crippen LogP contribution in [0.3, 0.4) is 0 Å². The summed E-state index contributed by atoms with van der Waals surface area (Å²) in [6.07, 6.45) is 10.1. The highest BCUT2D eigenvalue weighted by Crippen LogP contribution is 2.40. The lowest BCUT2D eigenvalue weighted by Gasteiger charge is -2.22. The van der Waals surface area contributed by atoms with Gasteiger partial charge in [0.1, 0.15) is 0 Å². The molecule has 4 aromatic heterocycles.